The van der Waals surface area contributed by atoms with Crippen molar-refractivity contribution in [2.45, 2.75) is 18.4 Å². The van der Waals surface area contributed by atoms with E-state index in [-0.39, 0.29) is 18.9 Å². The number of rotatable bonds is 6. The van der Waals surface area contributed by atoms with Crippen LogP contribution in [0.4, 0.5) is 4.79 Å². The Morgan fingerprint density at radius 3 is 2.20 bits per heavy atom. The van der Waals surface area contributed by atoms with Crippen LogP contribution >= 0.6 is 15.9 Å². The molecule has 3 aromatic rings. The predicted molar refractivity (Wildman–Crippen MR) is 117 cm³/mol. The van der Waals surface area contributed by atoms with Crippen molar-refractivity contribution >= 4 is 28.0 Å². The minimum atomic E-state index is -1.00. The van der Waals surface area contributed by atoms with E-state index >= 15 is 0 Å². The third kappa shape index (κ3) is 4.24. The lowest BCUT2D eigenvalue weighted by atomic mass is 9.98. The van der Waals surface area contributed by atoms with Gasteiger partial charge in [0.05, 0.1) is 12.5 Å². The third-order valence-electron chi connectivity index (χ3n) is 5.27. The van der Waals surface area contributed by atoms with Crippen LogP contribution in [0.5, 0.6) is 0 Å². The fraction of sp³-hybridized carbons (Fsp3) is 0.167. The van der Waals surface area contributed by atoms with E-state index in [1.54, 1.807) is 18.2 Å². The van der Waals surface area contributed by atoms with E-state index in [9.17, 15) is 14.7 Å². The second-order valence-corrected chi connectivity index (χ2v) is 8.09. The van der Waals surface area contributed by atoms with E-state index in [0.29, 0.717) is 5.56 Å². The van der Waals surface area contributed by atoms with E-state index < -0.39 is 18.1 Å². The van der Waals surface area contributed by atoms with Crippen molar-refractivity contribution in [2.24, 2.45) is 0 Å². The number of hydrogen-bond donors (Lipinski definition) is 2. The van der Waals surface area contributed by atoms with Gasteiger partial charge in [0, 0.05) is 10.4 Å². The number of carboxylic acid groups (broad SMARTS) is 1. The first kappa shape index (κ1) is 20.2. The van der Waals surface area contributed by atoms with Crippen molar-refractivity contribution in [1.82, 2.24) is 5.32 Å². The molecule has 0 saturated heterocycles. The second-order valence-electron chi connectivity index (χ2n) is 7.18. The number of aliphatic carboxylic acids is 1. The van der Waals surface area contributed by atoms with Crippen LogP contribution in [0.2, 0.25) is 0 Å². The Morgan fingerprint density at radius 1 is 0.967 bits per heavy atom. The largest absolute Gasteiger partial charge is 0.481 e. The lowest BCUT2D eigenvalue weighted by molar-refractivity contribution is -0.137. The molecule has 0 heterocycles. The number of nitrogens with one attached hydrogen (secondary N) is 1. The molecule has 3 aromatic carbocycles. The summed E-state index contributed by atoms with van der Waals surface area (Å²) in [4.78, 5) is 23.8. The molecule has 0 bridgehead atoms. The van der Waals surface area contributed by atoms with Crippen LogP contribution in [0.25, 0.3) is 11.1 Å². The van der Waals surface area contributed by atoms with Crippen LogP contribution in [0.15, 0.2) is 77.3 Å². The number of halogens is 1. The van der Waals surface area contributed by atoms with Gasteiger partial charge in [-0.3, -0.25) is 4.79 Å². The van der Waals surface area contributed by atoms with Crippen molar-refractivity contribution in [3.63, 3.8) is 0 Å². The highest BCUT2D eigenvalue weighted by molar-refractivity contribution is 9.10. The van der Waals surface area contributed by atoms with Gasteiger partial charge in [-0.1, -0.05) is 76.6 Å². The molecule has 1 aliphatic carbocycles. The fourth-order valence-corrected chi connectivity index (χ4v) is 4.35. The molecule has 0 radical (unpaired) electrons. The summed E-state index contributed by atoms with van der Waals surface area (Å²) in [6.07, 6.45) is -0.871. The average molecular weight is 466 g/mol. The number of carbonyl (C=O) groups excluding carboxylic acids is 1. The summed E-state index contributed by atoms with van der Waals surface area (Å²) in [6.45, 7) is 0.179. The normalized spacial score (nSPS) is 13.2. The Bertz CT molecular complexity index is 1050. The number of fused-ring (bicyclic) bond motifs is 3. The molecule has 1 atom stereocenters. The van der Waals surface area contributed by atoms with Gasteiger partial charge in [-0.05, 0) is 39.9 Å². The molecule has 1 aliphatic rings. The zero-order chi connectivity index (χ0) is 21.1. The van der Waals surface area contributed by atoms with Gasteiger partial charge < -0.3 is 15.2 Å². The van der Waals surface area contributed by atoms with Crippen molar-refractivity contribution < 1.29 is 19.4 Å². The van der Waals surface area contributed by atoms with Crippen molar-refractivity contribution in [1.29, 1.82) is 0 Å². The van der Waals surface area contributed by atoms with Gasteiger partial charge >= 0.3 is 12.1 Å². The average Bonchev–Trinajstić information content (AvgIpc) is 3.05. The lowest BCUT2D eigenvalue weighted by Crippen LogP contribution is -2.31. The minimum Gasteiger partial charge on any atom is -0.481 e. The maximum absolute atomic E-state index is 12.5. The van der Waals surface area contributed by atoms with Crippen LogP contribution in [0.3, 0.4) is 0 Å². The van der Waals surface area contributed by atoms with E-state index in [2.05, 4.69) is 45.5 Å². The fourth-order valence-electron chi connectivity index (χ4n) is 3.93. The van der Waals surface area contributed by atoms with Crippen molar-refractivity contribution in [3.05, 3.63) is 94.0 Å². The Kier molecular flexibility index (Phi) is 5.86. The molecule has 0 aliphatic heterocycles. The summed E-state index contributed by atoms with van der Waals surface area (Å²) in [5.41, 5.74) is 5.25. The molecule has 1 unspecified atom stereocenters. The summed E-state index contributed by atoms with van der Waals surface area (Å²) < 4.78 is 6.36. The minimum absolute atomic E-state index is 0.0491. The van der Waals surface area contributed by atoms with E-state index in [1.165, 1.54) is 0 Å². The maximum Gasteiger partial charge on any atom is 0.407 e. The number of ether oxygens (including phenoxy) is 1. The van der Waals surface area contributed by atoms with E-state index in [4.69, 9.17) is 4.74 Å². The topological polar surface area (TPSA) is 75.6 Å². The van der Waals surface area contributed by atoms with Crippen LogP contribution in [-0.2, 0) is 9.53 Å². The highest BCUT2D eigenvalue weighted by Crippen LogP contribution is 2.44. The summed E-state index contributed by atoms with van der Waals surface area (Å²) in [5.74, 6) is -1.05. The van der Waals surface area contributed by atoms with Crippen LogP contribution in [0.1, 0.15) is 35.1 Å². The molecule has 0 spiro atoms. The van der Waals surface area contributed by atoms with Crippen molar-refractivity contribution in [2.75, 3.05) is 6.61 Å². The molecule has 2 N–H and O–H groups in total. The second kappa shape index (κ2) is 8.71. The van der Waals surface area contributed by atoms with Gasteiger partial charge in [-0.25, -0.2) is 4.79 Å². The molecule has 6 heteroatoms. The quantitative estimate of drug-likeness (QED) is 0.503. The highest BCUT2D eigenvalue weighted by atomic mass is 79.9. The van der Waals surface area contributed by atoms with Gasteiger partial charge in [0.2, 0.25) is 0 Å². The first-order chi connectivity index (χ1) is 14.5. The monoisotopic (exact) mass is 465 g/mol. The number of hydrogen-bond acceptors (Lipinski definition) is 3. The SMILES string of the molecule is O=C(O)CC(NC(=O)OCC1c2ccccc2-c2ccccc21)c1cccc(Br)c1. The van der Waals surface area contributed by atoms with Gasteiger partial charge in [-0.15, -0.1) is 0 Å². The highest BCUT2D eigenvalue weighted by Gasteiger charge is 2.29. The molecule has 5 nitrogen and oxygen atoms in total. The third-order valence-corrected chi connectivity index (χ3v) is 5.76. The zero-order valence-corrected chi connectivity index (χ0v) is 17.6. The summed E-state index contributed by atoms with van der Waals surface area (Å²) in [5, 5.41) is 11.9. The Morgan fingerprint density at radius 2 is 1.60 bits per heavy atom. The molecule has 0 fully saturated rings. The van der Waals surface area contributed by atoms with E-state index in [0.717, 1.165) is 26.7 Å². The molecule has 4 rings (SSSR count). The molecule has 30 heavy (non-hydrogen) atoms. The number of benzene rings is 3. The van der Waals surface area contributed by atoms with Gasteiger partial charge in [0.25, 0.3) is 0 Å². The molecule has 0 aromatic heterocycles. The first-order valence-electron chi connectivity index (χ1n) is 9.61. The summed E-state index contributed by atoms with van der Waals surface area (Å²) in [7, 11) is 0. The zero-order valence-electron chi connectivity index (χ0n) is 16.0. The summed E-state index contributed by atoms with van der Waals surface area (Å²) in [6, 6.07) is 22.7. The van der Waals surface area contributed by atoms with E-state index in [1.807, 2.05) is 30.3 Å². The molecular formula is C24H20BrNO4. The predicted octanol–water partition coefficient (Wildman–Crippen LogP) is 5.50. The van der Waals surface area contributed by atoms with Crippen LogP contribution in [0, 0.1) is 0 Å². The van der Waals surface area contributed by atoms with Crippen LogP contribution in [-0.4, -0.2) is 23.8 Å². The Labute approximate surface area is 182 Å². The number of carboxylic acids is 1. The molecule has 0 saturated carbocycles. The van der Waals surface area contributed by atoms with Gasteiger partial charge in [0.15, 0.2) is 0 Å². The molecule has 1 amide bonds. The smallest absolute Gasteiger partial charge is 0.407 e. The van der Waals surface area contributed by atoms with Gasteiger partial charge in [-0.2, -0.15) is 0 Å². The van der Waals surface area contributed by atoms with Crippen molar-refractivity contribution in [3.8, 4) is 11.1 Å². The first-order valence-corrected chi connectivity index (χ1v) is 10.4. The number of amides is 1. The Hall–Kier alpha value is -3.12. The number of carbonyl (C=O) groups is 2. The molecule has 152 valence electrons. The molecular weight excluding hydrogens is 446 g/mol. The number of alkyl carbamates (subject to hydrolysis) is 1. The lowest BCUT2D eigenvalue weighted by Gasteiger charge is -2.19. The standard InChI is InChI=1S/C24H20BrNO4/c25-16-7-5-6-15(12-16)22(13-23(27)28)26-24(29)30-14-21-19-10-3-1-8-17(19)18-9-2-4-11-20(18)21/h1-12,21-22H,13-14H2,(H,26,29)(H,27,28). The van der Waals surface area contributed by atoms with Crippen LogP contribution < -0.4 is 5.32 Å². The van der Waals surface area contributed by atoms with Gasteiger partial charge in [0.1, 0.15) is 6.61 Å². The Balaban J connectivity index is 1.48. The summed E-state index contributed by atoms with van der Waals surface area (Å²) >= 11 is 3.38. The maximum atomic E-state index is 12.5.